The smallest absolute Gasteiger partial charge is 0.250 e. The molecular formula is C12H16FN3O. The number of carbonyl (C=O) groups excluding carboxylic acids is 1. The molecule has 0 atom stereocenters. The van der Waals surface area contributed by atoms with Gasteiger partial charge in [0.05, 0.1) is 5.56 Å². The molecule has 0 unspecified atom stereocenters. The summed E-state index contributed by atoms with van der Waals surface area (Å²) in [6.07, 6.45) is 1.96. The Hall–Kier alpha value is -1.62. The van der Waals surface area contributed by atoms with Crippen LogP contribution in [0.2, 0.25) is 0 Å². The zero-order valence-electron chi connectivity index (χ0n) is 9.50. The molecule has 0 saturated carbocycles. The first kappa shape index (κ1) is 11.9. The SMILES string of the molecule is NC(=O)c1cc(F)ccc1NC1CCNCC1. The molecule has 0 aromatic heterocycles. The first-order valence-corrected chi connectivity index (χ1v) is 5.73. The zero-order valence-corrected chi connectivity index (χ0v) is 9.50. The van der Waals surface area contributed by atoms with E-state index < -0.39 is 11.7 Å². The average Bonchev–Trinajstić information content (AvgIpc) is 2.32. The quantitative estimate of drug-likeness (QED) is 0.737. The number of piperidine rings is 1. The normalized spacial score (nSPS) is 16.8. The van der Waals surface area contributed by atoms with Crippen LogP contribution in [0.15, 0.2) is 18.2 Å². The molecule has 1 amide bonds. The Morgan fingerprint density at radius 3 is 2.76 bits per heavy atom. The molecule has 1 heterocycles. The molecule has 4 nitrogen and oxygen atoms in total. The summed E-state index contributed by atoms with van der Waals surface area (Å²) in [5.74, 6) is -1.06. The fourth-order valence-electron chi connectivity index (χ4n) is 2.03. The van der Waals surface area contributed by atoms with Crippen LogP contribution in [0.1, 0.15) is 23.2 Å². The topological polar surface area (TPSA) is 67.2 Å². The molecule has 0 radical (unpaired) electrons. The summed E-state index contributed by atoms with van der Waals surface area (Å²) in [4.78, 5) is 11.2. The number of nitrogens with one attached hydrogen (secondary N) is 2. The van der Waals surface area contributed by atoms with E-state index in [1.807, 2.05) is 0 Å². The molecule has 1 saturated heterocycles. The summed E-state index contributed by atoms with van der Waals surface area (Å²) in [7, 11) is 0. The molecule has 17 heavy (non-hydrogen) atoms. The molecule has 1 aromatic rings. The van der Waals surface area contributed by atoms with Gasteiger partial charge in [-0.2, -0.15) is 0 Å². The minimum atomic E-state index is -0.610. The van der Waals surface area contributed by atoms with E-state index in [1.165, 1.54) is 12.1 Å². The lowest BCUT2D eigenvalue weighted by molar-refractivity contribution is 0.100. The predicted molar refractivity (Wildman–Crippen MR) is 64.4 cm³/mol. The number of carbonyl (C=O) groups is 1. The summed E-state index contributed by atoms with van der Waals surface area (Å²) in [6, 6.07) is 4.37. The van der Waals surface area contributed by atoms with E-state index in [0.717, 1.165) is 25.9 Å². The number of halogens is 1. The molecule has 1 aliphatic rings. The minimum absolute atomic E-state index is 0.212. The third kappa shape index (κ3) is 2.94. The standard InChI is InChI=1S/C12H16FN3O/c13-8-1-2-11(10(7-8)12(14)17)16-9-3-5-15-6-4-9/h1-2,7,9,15-16H,3-6H2,(H2,14,17). The van der Waals surface area contributed by atoms with Crippen molar-refractivity contribution in [3.63, 3.8) is 0 Å². The molecule has 1 aliphatic heterocycles. The lowest BCUT2D eigenvalue weighted by Gasteiger charge is -2.25. The Morgan fingerprint density at radius 2 is 2.12 bits per heavy atom. The Balaban J connectivity index is 2.16. The van der Waals surface area contributed by atoms with E-state index in [2.05, 4.69) is 10.6 Å². The van der Waals surface area contributed by atoms with Crippen LogP contribution in [-0.2, 0) is 0 Å². The van der Waals surface area contributed by atoms with E-state index in [4.69, 9.17) is 5.73 Å². The fourth-order valence-corrected chi connectivity index (χ4v) is 2.03. The summed E-state index contributed by atoms with van der Waals surface area (Å²) >= 11 is 0. The zero-order chi connectivity index (χ0) is 12.3. The second kappa shape index (κ2) is 5.14. The van der Waals surface area contributed by atoms with Gasteiger partial charge in [-0.05, 0) is 44.1 Å². The maximum atomic E-state index is 13.0. The number of primary amides is 1. The number of anilines is 1. The van der Waals surface area contributed by atoms with E-state index in [0.29, 0.717) is 11.7 Å². The van der Waals surface area contributed by atoms with Gasteiger partial charge in [0, 0.05) is 11.7 Å². The molecular weight excluding hydrogens is 221 g/mol. The van der Waals surface area contributed by atoms with Crippen LogP contribution >= 0.6 is 0 Å². The van der Waals surface area contributed by atoms with Crippen molar-refractivity contribution >= 4 is 11.6 Å². The first-order valence-electron chi connectivity index (χ1n) is 5.73. The van der Waals surface area contributed by atoms with Crippen molar-refractivity contribution in [3.8, 4) is 0 Å². The highest BCUT2D eigenvalue weighted by molar-refractivity contribution is 5.98. The second-order valence-corrected chi connectivity index (χ2v) is 4.22. The van der Waals surface area contributed by atoms with Gasteiger partial charge < -0.3 is 16.4 Å². The van der Waals surface area contributed by atoms with Gasteiger partial charge in [0.2, 0.25) is 0 Å². The number of amides is 1. The van der Waals surface area contributed by atoms with Gasteiger partial charge in [-0.3, -0.25) is 4.79 Å². The maximum Gasteiger partial charge on any atom is 0.250 e. The molecule has 1 fully saturated rings. The summed E-state index contributed by atoms with van der Waals surface area (Å²) in [5.41, 5.74) is 6.06. The molecule has 0 spiro atoms. The Labute approximate surface area is 99.4 Å². The van der Waals surface area contributed by atoms with Crippen LogP contribution in [0.4, 0.5) is 10.1 Å². The lowest BCUT2D eigenvalue weighted by atomic mass is 10.0. The molecule has 4 N–H and O–H groups in total. The average molecular weight is 237 g/mol. The largest absolute Gasteiger partial charge is 0.382 e. The van der Waals surface area contributed by atoms with Crippen molar-refractivity contribution in [3.05, 3.63) is 29.6 Å². The van der Waals surface area contributed by atoms with Gasteiger partial charge in [-0.25, -0.2) is 4.39 Å². The van der Waals surface area contributed by atoms with Crippen LogP contribution in [0.5, 0.6) is 0 Å². The lowest BCUT2D eigenvalue weighted by Crippen LogP contribution is -2.35. The van der Waals surface area contributed by atoms with Gasteiger partial charge in [0.1, 0.15) is 5.82 Å². The predicted octanol–water partition coefficient (Wildman–Crippen LogP) is 1.09. The Kier molecular flexibility index (Phi) is 3.58. The fraction of sp³-hybridized carbons (Fsp3) is 0.417. The third-order valence-corrected chi connectivity index (χ3v) is 2.95. The minimum Gasteiger partial charge on any atom is -0.382 e. The summed E-state index contributed by atoms with van der Waals surface area (Å²) in [5, 5.41) is 6.51. The van der Waals surface area contributed by atoms with Gasteiger partial charge >= 0.3 is 0 Å². The van der Waals surface area contributed by atoms with Gasteiger partial charge in [-0.15, -0.1) is 0 Å². The molecule has 5 heteroatoms. The van der Waals surface area contributed by atoms with Crippen molar-refractivity contribution in [2.24, 2.45) is 5.73 Å². The number of rotatable bonds is 3. The van der Waals surface area contributed by atoms with E-state index in [-0.39, 0.29) is 5.56 Å². The summed E-state index contributed by atoms with van der Waals surface area (Å²) in [6.45, 7) is 1.90. The van der Waals surface area contributed by atoms with Crippen molar-refractivity contribution < 1.29 is 9.18 Å². The van der Waals surface area contributed by atoms with Crippen LogP contribution in [0.25, 0.3) is 0 Å². The maximum absolute atomic E-state index is 13.0. The van der Waals surface area contributed by atoms with Crippen LogP contribution in [-0.4, -0.2) is 25.0 Å². The van der Waals surface area contributed by atoms with Gasteiger partial charge in [0.15, 0.2) is 0 Å². The highest BCUT2D eigenvalue weighted by Gasteiger charge is 2.16. The first-order chi connectivity index (χ1) is 8.16. The van der Waals surface area contributed by atoms with Gasteiger partial charge in [0.25, 0.3) is 5.91 Å². The number of hydrogen-bond acceptors (Lipinski definition) is 3. The third-order valence-electron chi connectivity index (χ3n) is 2.95. The number of benzene rings is 1. The molecule has 2 rings (SSSR count). The molecule has 1 aromatic carbocycles. The molecule has 0 bridgehead atoms. The van der Waals surface area contributed by atoms with E-state index in [9.17, 15) is 9.18 Å². The monoisotopic (exact) mass is 237 g/mol. The number of nitrogens with two attached hydrogens (primary N) is 1. The highest BCUT2D eigenvalue weighted by atomic mass is 19.1. The molecule has 92 valence electrons. The second-order valence-electron chi connectivity index (χ2n) is 4.22. The van der Waals surface area contributed by atoms with Crippen LogP contribution in [0, 0.1) is 5.82 Å². The van der Waals surface area contributed by atoms with E-state index >= 15 is 0 Å². The van der Waals surface area contributed by atoms with Crippen molar-refractivity contribution in [2.45, 2.75) is 18.9 Å². The highest BCUT2D eigenvalue weighted by Crippen LogP contribution is 2.19. The van der Waals surface area contributed by atoms with Crippen molar-refractivity contribution in [1.29, 1.82) is 0 Å². The van der Waals surface area contributed by atoms with Crippen molar-refractivity contribution in [1.82, 2.24) is 5.32 Å². The van der Waals surface area contributed by atoms with E-state index in [1.54, 1.807) is 6.07 Å². The Bertz CT molecular complexity index is 416. The molecule has 0 aliphatic carbocycles. The Morgan fingerprint density at radius 1 is 1.41 bits per heavy atom. The van der Waals surface area contributed by atoms with Crippen LogP contribution < -0.4 is 16.4 Å². The van der Waals surface area contributed by atoms with Crippen LogP contribution in [0.3, 0.4) is 0 Å². The van der Waals surface area contributed by atoms with Crippen molar-refractivity contribution in [2.75, 3.05) is 18.4 Å². The number of hydrogen-bond donors (Lipinski definition) is 3. The summed E-state index contributed by atoms with van der Waals surface area (Å²) < 4.78 is 13.0. The van der Waals surface area contributed by atoms with Gasteiger partial charge in [-0.1, -0.05) is 0 Å².